The van der Waals surface area contributed by atoms with Crippen LogP contribution in [0.25, 0.3) is 0 Å². The first-order chi connectivity index (χ1) is 6.50. The molecule has 0 heterocycles. The lowest BCUT2D eigenvalue weighted by Crippen LogP contribution is -2.32. The highest BCUT2D eigenvalue weighted by Crippen LogP contribution is 2.08. The van der Waals surface area contributed by atoms with Crippen molar-refractivity contribution in [2.75, 3.05) is 5.32 Å². The summed E-state index contributed by atoms with van der Waals surface area (Å²) in [5.41, 5.74) is 1.82. The van der Waals surface area contributed by atoms with E-state index in [9.17, 15) is 4.79 Å². The van der Waals surface area contributed by atoms with Crippen LogP contribution in [0.3, 0.4) is 0 Å². The fraction of sp³-hybridized carbons (Fsp3) is 0.222. The number of amides is 1. The highest BCUT2D eigenvalue weighted by Gasteiger charge is 2.13. The van der Waals surface area contributed by atoms with Crippen molar-refractivity contribution in [1.29, 1.82) is 0 Å². The van der Waals surface area contributed by atoms with Gasteiger partial charge in [-0.1, -0.05) is 6.07 Å². The number of rotatable bonds is 2. The summed E-state index contributed by atoms with van der Waals surface area (Å²) in [7, 11) is -1.47. The van der Waals surface area contributed by atoms with Gasteiger partial charge in [0.2, 0.25) is 5.91 Å². The van der Waals surface area contributed by atoms with E-state index in [1.807, 2.05) is 0 Å². The molecule has 0 saturated carbocycles. The van der Waals surface area contributed by atoms with Crippen LogP contribution in [0.5, 0.6) is 0 Å². The molecule has 0 atom stereocenters. The monoisotopic (exact) mass is 193 g/mol. The molecular weight excluding hydrogens is 181 g/mol. The summed E-state index contributed by atoms with van der Waals surface area (Å²) >= 11 is 0. The zero-order chi connectivity index (χ0) is 10.7. The number of aryl methyl sites for hydroxylation is 1. The second-order valence-electron chi connectivity index (χ2n) is 3.13. The molecule has 0 radical (unpaired) electrons. The molecule has 0 bridgehead atoms. The number of nitrogens with one attached hydrogen (secondary N) is 1. The van der Waals surface area contributed by atoms with Gasteiger partial charge in [0.15, 0.2) is 0 Å². The van der Waals surface area contributed by atoms with Crippen LogP contribution >= 0.6 is 0 Å². The molecule has 1 aromatic rings. The van der Waals surface area contributed by atoms with Crippen molar-refractivity contribution in [2.45, 2.75) is 13.8 Å². The maximum atomic E-state index is 10.7. The summed E-state index contributed by atoms with van der Waals surface area (Å²) in [6, 6.07) is 4.89. The van der Waals surface area contributed by atoms with Gasteiger partial charge in [-0.2, -0.15) is 0 Å². The normalized spacial score (nSPS) is 9.71. The smallest absolute Gasteiger partial charge is 0.423 e. The van der Waals surface area contributed by atoms with Gasteiger partial charge in [-0.25, -0.2) is 0 Å². The van der Waals surface area contributed by atoms with Gasteiger partial charge < -0.3 is 15.4 Å². The standard InChI is InChI=1S/C9H12BNO3/c1-6-5-8(11-7(2)12)3-4-9(6)10(13)14/h3-5,13-14H,1-2H3,(H,11,12). The number of anilines is 1. The Hall–Kier alpha value is -1.33. The lowest BCUT2D eigenvalue weighted by atomic mass is 9.77. The molecular formula is C9H12BNO3. The van der Waals surface area contributed by atoms with Crippen LogP contribution in [0.4, 0.5) is 5.69 Å². The third kappa shape index (κ3) is 2.58. The van der Waals surface area contributed by atoms with E-state index in [2.05, 4.69) is 5.32 Å². The summed E-state index contributed by atoms with van der Waals surface area (Å²) in [4.78, 5) is 10.7. The van der Waals surface area contributed by atoms with Gasteiger partial charge in [-0.3, -0.25) is 4.79 Å². The number of carbonyl (C=O) groups is 1. The molecule has 0 aromatic heterocycles. The van der Waals surface area contributed by atoms with Crippen LogP contribution in [-0.4, -0.2) is 23.1 Å². The molecule has 1 rings (SSSR count). The van der Waals surface area contributed by atoms with E-state index in [0.717, 1.165) is 5.56 Å². The van der Waals surface area contributed by atoms with Gasteiger partial charge in [-0.05, 0) is 30.1 Å². The third-order valence-corrected chi connectivity index (χ3v) is 1.87. The molecule has 0 saturated heterocycles. The Morgan fingerprint density at radius 1 is 1.43 bits per heavy atom. The summed E-state index contributed by atoms with van der Waals surface area (Å²) < 4.78 is 0. The van der Waals surface area contributed by atoms with Crippen LogP contribution in [0.2, 0.25) is 0 Å². The first-order valence-corrected chi connectivity index (χ1v) is 4.25. The van der Waals surface area contributed by atoms with Crippen molar-refractivity contribution < 1.29 is 14.8 Å². The average molecular weight is 193 g/mol. The Kier molecular flexibility index (Phi) is 3.27. The largest absolute Gasteiger partial charge is 0.488 e. The molecule has 1 aromatic carbocycles. The Labute approximate surface area is 82.7 Å². The molecule has 0 aliphatic carbocycles. The van der Waals surface area contributed by atoms with Crippen molar-refractivity contribution >= 4 is 24.2 Å². The molecule has 0 fully saturated rings. The Morgan fingerprint density at radius 2 is 2.07 bits per heavy atom. The van der Waals surface area contributed by atoms with E-state index in [1.54, 1.807) is 25.1 Å². The Balaban J connectivity index is 2.94. The summed E-state index contributed by atoms with van der Waals surface area (Å²) in [5.74, 6) is -0.151. The molecule has 4 nitrogen and oxygen atoms in total. The number of hydrogen-bond acceptors (Lipinski definition) is 3. The molecule has 0 spiro atoms. The second kappa shape index (κ2) is 4.26. The van der Waals surface area contributed by atoms with Crippen LogP contribution in [0, 0.1) is 6.92 Å². The average Bonchev–Trinajstić information content (AvgIpc) is 2.01. The highest BCUT2D eigenvalue weighted by atomic mass is 16.4. The molecule has 3 N–H and O–H groups in total. The van der Waals surface area contributed by atoms with Crippen molar-refractivity contribution in [2.24, 2.45) is 0 Å². The van der Waals surface area contributed by atoms with Gasteiger partial charge in [-0.15, -0.1) is 0 Å². The SMILES string of the molecule is CC(=O)Nc1ccc(B(O)O)c(C)c1. The quantitative estimate of drug-likeness (QED) is 0.561. The predicted octanol–water partition coefficient (Wildman–Crippen LogP) is -0.367. The number of hydrogen-bond donors (Lipinski definition) is 3. The van der Waals surface area contributed by atoms with Crippen molar-refractivity contribution in [1.82, 2.24) is 0 Å². The minimum absolute atomic E-state index is 0.151. The van der Waals surface area contributed by atoms with Gasteiger partial charge in [0.25, 0.3) is 0 Å². The van der Waals surface area contributed by atoms with Gasteiger partial charge in [0, 0.05) is 12.6 Å². The van der Waals surface area contributed by atoms with E-state index < -0.39 is 7.12 Å². The lowest BCUT2D eigenvalue weighted by Gasteiger charge is -2.07. The fourth-order valence-electron chi connectivity index (χ4n) is 1.25. The fourth-order valence-corrected chi connectivity index (χ4v) is 1.25. The summed E-state index contributed by atoms with van der Waals surface area (Å²) in [5, 5.41) is 20.5. The van der Waals surface area contributed by atoms with Crippen LogP contribution in [-0.2, 0) is 4.79 Å². The molecule has 14 heavy (non-hydrogen) atoms. The van der Waals surface area contributed by atoms with E-state index in [4.69, 9.17) is 10.0 Å². The summed E-state index contributed by atoms with van der Waals surface area (Å²) in [6.07, 6.45) is 0. The van der Waals surface area contributed by atoms with E-state index in [1.165, 1.54) is 6.92 Å². The first-order valence-electron chi connectivity index (χ1n) is 4.25. The maximum Gasteiger partial charge on any atom is 0.488 e. The third-order valence-electron chi connectivity index (χ3n) is 1.87. The van der Waals surface area contributed by atoms with E-state index in [-0.39, 0.29) is 5.91 Å². The van der Waals surface area contributed by atoms with Crippen LogP contribution in [0.1, 0.15) is 12.5 Å². The van der Waals surface area contributed by atoms with Crippen LogP contribution < -0.4 is 10.8 Å². The van der Waals surface area contributed by atoms with E-state index >= 15 is 0 Å². The molecule has 5 heteroatoms. The Bertz CT molecular complexity index is 352. The number of carbonyl (C=O) groups excluding carboxylic acids is 1. The second-order valence-corrected chi connectivity index (χ2v) is 3.13. The minimum atomic E-state index is -1.47. The maximum absolute atomic E-state index is 10.7. The van der Waals surface area contributed by atoms with Gasteiger partial charge in [0.05, 0.1) is 0 Å². The molecule has 74 valence electrons. The zero-order valence-corrected chi connectivity index (χ0v) is 8.11. The van der Waals surface area contributed by atoms with Crippen LogP contribution in [0.15, 0.2) is 18.2 Å². The van der Waals surface area contributed by atoms with Crippen molar-refractivity contribution in [3.8, 4) is 0 Å². The molecule has 0 aliphatic heterocycles. The summed E-state index contributed by atoms with van der Waals surface area (Å²) in [6.45, 7) is 3.17. The van der Waals surface area contributed by atoms with E-state index in [0.29, 0.717) is 11.2 Å². The molecule has 1 amide bonds. The minimum Gasteiger partial charge on any atom is -0.423 e. The number of benzene rings is 1. The first kappa shape index (κ1) is 10.8. The van der Waals surface area contributed by atoms with Gasteiger partial charge >= 0.3 is 7.12 Å². The molecule has 0 aliphatic rings. The lowest BCUT2D eigenvalue weighted by molar-refractivity contribution is -0.114. The van der Waals surface area contributed by atoms with Crippen molar-refractivity contribution in [3.63, 3.8) is 0 Å². The topological polar surface area (TPSA) is 69.6 Å². The van der Waals surface area contributed by atoms with Crippen molar-refractivity contribution in [3.05, 3.63) is 23.8 Å². The van der Waals surface area contributed by atoms with Gasteiger partial charge in [0.1, 0.15) is 0 Å². The zero-order valence-electron chi connectivity index (χ0n) is 8.11. The predicted molar refractivity (Wildman–Crippen MR) is 55.3 cm³/mol. The molecule has 0 unspecified atom stereocenters. The Morgan fingerprint density at radius 3 is 2.50 bits per heavy atom. The highest BCUT2D eigenvalue weighted by molar-refractivity contribution is 6.59.